The van der Waals surface area contributed by atoms with Gasteiger partial charge < -0.3 is 4.90 Å². The van der Waals surface area contributed by atoms with E-state index in [1.807, 2.05) is 4.90 Å². The number of carbonyl (C=O) groups is 2. The number of carbonyl (C=O) groups excluding carboxylic acids is 2. The summed E-state index contributed by atoms with van der Waals surface area (Å²) >= 11 is 1.12. The number of hydrogen-bond donors (Lipinski definition) is 0. The molecule has 0 saturated carbocycles. The highest BCUT2D eigenvalue weighted by molar-refractivity contribution is 7.14. The number of nitrogens with zero attached hydrogens (tertiary/aromatic N) is 3. The van der Waals surface area contributed by atoms with E-state index in [4.69, 9.17) is 0 Å². The van der Waals surface area contributed by atoms with Crippen LogP contribution in [0.1, 0.15) is 50.8 Å². The highest BCUT2D eigenvalue weighted by atomic mass is 32.1. The first kappa shape index (κ1) is 23.0. The molecule has 166 valence electrons. The van der Waals surface area contributed by atoms with Gasteiger partial charge in [-0.25, -0.2) is 4.98 Å². The SMILES string of the molecule is CCC1CCCCN1C(=O)/C=C/c1csc(N(C(C)=O)c2cccc(C(F)(F)F)c2)n1. The predicted octanol–water partition coefficient (Wildman–Crippen LogP) is 5.65. The molecule has 1 aromatic heterocycles. The van der Waals surface area contributed by atoms with Crippen molar-refractivity contribution in [2.45, 2.75) is 51.7 Å². The van der Waals surface area contributed by atoms with Crippen molar-refractivity contribution in [2.24, 2.45) is 0 Å². The summed E-state index contributed by atoms with van der Waals surface area (Å²) in [5, 5.41) is 1.90. The topological polar surface area (TPSA) is 53.5 Å². The number of benzene rings is 1. The van der Waals surface area contributed by atoms with E-state index in [2.05, 4.69) is 11.9 Å². The van der Waals surface area contributed by atoms with E-state index in [1.165, 1.54) is 25.1 Å². The molecular weight excluding hydrogens is 427 g/mol. The van der Waals surface area contributed by atoms with E-state index < -0.39 is 17.6 Å². The summed E-state index contributed by atoms with van der Waals surface area (Å²) in [5.74, 6) is -0.540. The minimum atomic E-state index is -4.51. The van der Waals surface area contributed by atoms with Gasteiger partial charge in [0, 0.05) is 31.0 Å². The Bertz CT molecular complexity index is 971. The lowest BCUT2D eigenvalue weighted by atomic mass is 10.00. The van der Waals surface area contributed by atoms with Crippen LogP contribution in [0.15, 0.2) is 35.7 Å². The zero-order chi connectivity index (χ0) is 22.6. The molecule has 2 amide bonds. The van der Waals surface area contributed by atoms with Crippen molar-refractivity contribution < 1.29 is 22.8 Å². The van der Waals surface area contributed by atoms with Crippen molar-refractivity contribution in [2.75, 3.05) is 11.4 Å². The third-order valence-electron chi connectivity index (χ3n) is 5.23. The van der Waals surface area contributed by atoms with E-state index in [0.717, 1.165) is 60.6 Å². The summed E-state index contributed by atoms with van der Waals surface area (Å²) < 4.78 is 39.2. The van der Waals surface area contributed by atoms with E-state index >= 15 is 0 Å². The van der Waals surface area contributed by atoms with Crippen molar-refractivity contribution in [3.8, 4) is 0 Å². The van der Waals surface area contributed by atoms with Crippen LogP contribution in [0.2, 0.25) is 0 Å². The summed E-state index contributed by atoms with van der Waals surface area (Å²) in [6, 6.07) is 4.80. The number of alkyl halides is 3. The molecule has 1 fully saturated rings. The molecular formula is C22H24F3N3O2S. The molecule has 2 aromatic rings. The summed E-state index contributed by atoms with van der Waals surface area (Å²) in [5.41, 5.74) is -0.287. The van der Waals surface area contributed by atoms with Crippen molar-refractivity contribution in [1.82, 2.24) is 9.88 Å². The number of rotatable bonds is 5. The standard InChI is InChI=1S/C22H24F3N3O2S/c1-3-18-8-4-5-12-27(18)20(30)11-10-17-14-31-21(26-17)28(15(2)29)19-9-6-7-16(13-19)22(23,24)25/h6-7,9-11,13-14,18H,3-5,8,12H2,1-2H3/b11-10+. The van der Waals surface area contributed by atoms with Gasteiger partial charge in [0.1, 0.15) is 0 Å². The molecule has 0 N–H and O–H groups in total. The lowest BCUT2D eigenvalue weighted by Crippen LogP contribution is -2.42. The smallest absolute Gasteiger partial charge is 0.336 e. The van der Waals surface area contributed by atoms with Crippen molar-refractivity contribution in [3.63, 3.8) is 0 Å². The lowest BCUT2D eigenvalue weighted by molar-refractivity contribution is -0.137. The van der Waals surface area contributed by atoms with Crippen molar-refractivity contribution >= 4 is 40.0 Å². The minimum absolute atomic E-state index is 0.0811. The quantitative estimate of drug-likeness (QED) is 0.552. The zero-order valence-corrected chi connectivity index (χ0v) is 18.2. The summed E-state index contributed by atoms with van der Waals surface area (Å²) in [7, 11) is 0. The molecule has 1 atom stereocenters. The fourth-order valence-electron chi connectivity index (χ4n) is 3.67. The molecule has 1 aliphatic heterocycles. The summed E-state index contributed by atoms with van der Waals surface area (Å²) in [4.78, 5) is 32.1. The maximum absolute atomic E-state index is 13.1. The van der Waals surface area contributed by atoms with Crippen LogP contribution in [0.5, 0.6) is 0 Å². The number of thiazole rings is 1. The number of aromatic nitrogens is 1. The second-order valence-corrected chi connectivity index (χ2v) is 8.22. The Morgan fingerprint density at radius 3 is 2.77 bits per heavy atom. The highest BCUT2D eigenvalue weighted by Gasteiger charge is 2.31. The fourth-order valence-corrected chi connectivity index (χ4v) is 4.53. The molecule has 5 nitrogen and oxygen atoms in total. The molecule has 0 bridgehead atoms. The molecule has 1 unspecified atom stereocenters. The molecule has 0 spiro atoms. The highest BCUT2D eigenvalue weighted by Crippen LogP contribution is 2.35. The van der Waals surface area contributed by atoms with Gasteiger partial charge in [0.2, 0.25) is 11.8 Å². The van der Waals surface area contributed by atoms with Gasteiger partial charge in [-0.2, -0.15) is 13.2 Å². The van der Waals surface area contributed by atoms with Crippen molar-refractivity contribution in [3.05, 3.63) is 47.0 Å². The van der Waals surface area contributed by atoms with Gasteiger partial charge in [-0.05, 0) is 50.0 Å². The van der Waals surface area contributed by atoms with Gasteiger partial charge >= 0.3 is 6.18 Å². The number of amides is 2. The first-order valence-corrected chi connectivity index (χ1v) is 11.0. The van der Waals surface area contributed by atoms with Gasteiger partial charge in [-0.15, -0.1) is 11.3 Å². The molecule has 0 aliphatic carbocycles. The molecule has 0 radical (unpaired) electrons. The fraction of sp³-hybridized carbons (Fsp3) is 0.409. The number of hydrogen-bond acceptors (Lipinski definition) is 4. The van der Waals surface area contributed by atoms with E-state index in [-0.39, 0.29) is 22.8 Å². The monoisotopic (exact) mass is 451 g/mol. The number of likely N-dealkylation sites (tertiary alicyclic amines) is 1. The maximum atomic E-state index is 13.1. The second kappa shape index (κ2) is 9.64. The van der Waals surface area contributed by atoms with Gasteiger partial charge in [-0.1, -0.05) is 13.0 Å². The van der Waals surface area contributed by atoms with E-state index in [0.29, 0.717) is 5.69 Å². The average Bonchev–Trinajstić information content (AvgIpc) is 3.19. The average molecular weight is 452 g/mol. The summed E-state index contributed by atoms with van der Waals surface area (Å²) in [6.07, 6.45) is 2.55. The van der Waals surface area contributed by atoms with Gasteiger partial charge in [0.15, 0.2) is 5.13 Å². The van der Waals surface area contributed by atoms with Crippen LogP contribution in [0.25, 0.3) is 6.08 Å². The Hall–Kier alpha value is -2.68. The minimum Gasteiger partial charge on any atom is -0.336 e. The Morgan fingerprint density at radius 1 is 1.32 bits per heavy atom. The third kappa shape index (κ3) is 5.52. The second-order valence-electron chi connectivity index (χ2n) is 7.38. The molecule has 1 aromatic carbocycles. The van der Waals surface area contributed by atoms with Gasteiger partial charge in [-0.3, -0.25) is 14.5 Å². The van der Waals surface area contributed by atoms with Gasteiger partial charge in [0.05, 0.1) is 16.9 Å². The van der Waals surface area contributed by atoms with Crippen LogP contribution in [0.4, 0.5) is 24.0 Å². The lowest BCUT2D eigenvalue weighted by Gasteiger charge is -2.34. The number of piperidine rings is 1. The van der Waals surface area contributed by atoms with Crippen LogP contribution in [0, 0.1) is 0 Å². The third-order valence-corrected chi connectivity index (χ3v) is 6.07. The molecule has 1 aliphatic rings. The van der Waals surface area contributed by atoms with Crippen LogP contribution in [-0.2, 0) is 15.8 Å². The number of halogens is 3. The van der Waals surface area contributed by atoms with Gasteiger partial charge in [0.25, 0.3) is 0 Å². The molecule has 31 heavy (non-hydrogen) atoms. The van der Waals surface area contributed by atoms with Crippen LogP contribution in [0.3, 0.4) is 0 Å². The molecule has 9 heteroatoms. The molecule has 2 heterocycles. The first-order valence-electron chi connectivity index (χ1n) is 10.1. The van der Waals surface area contributed by atoms with E-state index in [1.54, 1.807) is 11.5 Å². The summed E-state index contributed by atoms with van der Waals surface area (Å²) in [6.45, 7) is 4.07. The van der Waals surface area contributed by atoms with E-state index in [9.17, 15) is 22.8 Å². The first-order chi connectivity index (χ1) is 14.7. The maximum Gasteiger partial charge on any atom is 0.416 e. The Kier molecular flexibility index (Phi) is 7.15. The van der Waals surface area contributed by atoms with Crippen LogP contribution in [-0.4, -0.2) is 34.3 Å². The molecule has 3 rings (SSSR count). The predicted molar refractivity (Wildman–Crippen MR) is 115 cm³/mol. The zero-order valence-electron chi connectivity index (χ0n) is 17.4. The van der Waals surface area contributed by atoms with Crippen molar-refractivity contribution in [1.29, 1.82) is 0 Å². The van der Waals surface area contributed by atoms with Crippen LogP contribution < -0.4 is 4.90 Å². The Balaban J connectivity index is 1.80. The number of anilines is 2. The Labute approximate surface area is 183 Å². The van der Waals surface area contributed by atoms with Crippen LogP contribution >= 0.6 is 11.3 Å². The normalized spacial score (nSPS) is 17.2. The molecule has 1 saturated heterocycles. The largest absolute Gasteiger partial charge is 0.416 e. The Morgan fingerprint density at radius 2 is 2.10 bits per heavy atom.